The molecule has 0 fully saturated rings. The molecular formula is C11H6ClN3O4S. The molecule has 0 spiro atoms. The molecule has 1 N–H and O–H groups in total. The van der Waals surface area contributed by atoms with Gasteiger partial charge in [0.05, 0.1) is 22.4 Å². The van der Waals surface area contributed by atoms with Crippen molar-refractivity contribution in [2.45, 2.75) is 0 Å². The molecule has 0 saturated heterocycles. The first-order valence-electron chi connectivity index (χ1n) is 5.14. The van der Waals surface area contributed by atoms with Crippen molar-refractivity contribution in [2.75, 3.05) is 0 Å². The summed E-state index contributed by atoms with van der Waals surface area (Å²) >= 11 is 6.93. The summed E-state index contributed by atoms with van der Waals surface area (Å²) in [5, 5.41) is 20.2. The number of nitrogens with zero attached hydrogens (tertiary/aromatic N) is 3. The molecule has 0 unspecified atom stereocenters. The van der Waals surface area contributed by atoms with Crippen molar-refractivity contribution >= 4 is 46.7 Å². The summed E-state index contributed by atoms with van der Waals surface area (Å²) in [5.41, 5.74) is -0.524. The van der Waals surface area contributed by atoms with Crippen molar-refractivity contribution in [1.29, 1.82) is 0 Å². The number of halogens is 1. The minimum atomic E-state index is -1.29. The Labute approximate surface area is 121 Å². The normalized spacial score (nSPS) is 10.8. The second kappa shape index (κ2) is 5.76. The van der Waals surface area contributed by atoms with Gasteiger partial charge >= 0.3 is 5.97 Å². The predicted octanol–water partition coefficient (Wildman–Crippen LogP) is 2.97. The molecule has 7 nitrogen and oxygen atoms in total. The maximum atomic E-state index is 11.1. The predicted molar refractivity (Wildman–Crippen MR) is 73.9 cm³/mol. The highest BCUT2D eigenvalue weighted by molar-refractivity contribution is 7.16. The van der Waals surface area contributed by atoms with Crippen LogP contribution in [0.3, 0.4) is 0 Å². The smallest absolute Gasteiger partial charge is 0.338 e. The second-order valence-electron chi connectivity index (χ2n) is 3.52. The van der Waals surface area contributed by atoms with E-state index in [2.05, 4.69) is 9.97 Å². The van der Waals surface area contributed by atoms with Gasteiger partial charge in [0.1, 0.15) is 15.5 Å². The van der Waals surface area contributed by atoms with E-state index in [4.69, 9.17) is 16.7 Å². The number of hydrogen-bond acceptors (Lipinski definition) is 6. The van der Waals surface area contributed by atoms with E-state index in [1.807, 2.05) is 0 Å². The Kier molecular flexibility index (Phi) is 4.06. The molecule has 2 heterocycles. The van der Waals surface area contributed by atoms with Crippen molar-refractivity contribution in [1.82, 2.24) is 9.97 Å². The zero-order valence-electron chi connectivity index (χ0n) is 9.69. The van der Waals surface area contributed by atoms with Gasteiger partial charge in [-0.05, 0) is 12.2 Å². The third-order valence-corrected chi connectivity index (χ3v) is 3.30. The molecule has 2 rings (SSSR count). The molecule has 0 atom stereocenters. The maximum Gasteiger partial charge on any atom is 0.338 e. The summed E-state index contributed by atoms with van der Waals surface area (Å²) in [6, 6.07) is 0.962. The third kappa shape index (κ3) is 3.16. The molecular weight excluding hydrogens is 306 g/mol. The van der Waals surface area contributed by atoms with Crippen LogP contribution in [0.15, 0.2) is 18.5 Å². The number of aromatic nitrogens is 2. The average Bonchev–Trinajstić information content (AvgIpc) is 2.81. The van der Waals surface area contributed by atoms with Crippen LogP contribution in [-0.4, -0.2) is 26.0 Å². The van der Waals surface area contributed by atoms with Gasteiger partial charge in [-0.15, -0.1) is 11.3 Å². The number of carboxylic acid groups (broad SMARTS) is 1. The highest BCUT2D eigenvalue weighted by atomic mass is 35.5. The minimum absolute atomic E-state index is 0.106. The summed E-state index contributed by atoms with van der Waals surface area (Å²) < 4.78 is 0.500. The number of aromatic carboxylic acids is 1. The Balaban J connectivity index is 2.38. The van der Waals surface area contributed by atoms with E-state index in [1.165, 1.54) is 29.7 Å². The maximum absolute atomic E-state index is 11.1. The van der Waals surface area contributed by atoms with Crippen LogP contribution in [0, 0.1) is 10.1 Å². The van der Waals surface area contributed by atoms with Crippen LogP contribution in [-0.2, 0) is 0 Å². The lowest BCUT2D eigenvalue weighted by Gasteiger charge is -1.99. The Bertz CT molecular complexity index is 713. The number of carbonyl (C=O) groups is 1. The lowest BCUT2D eigenvalue weighted by atomic mass is 10.1. The summed E-state index contributed by atoms with van der Waals surface area (Å²) in [6.45, 7) is 0. The third-order valence-electron chi connectivity index (χ3n) is 2.22. The summed E-state index contributed by atoms with van der Waals surface area (Å²) in [5.74, 6) is -1.29. The van der Waals surface area contributed by atoms with Crippen LogP contribution in [0.2, 0.25) is 4.34 Å². The molecule has 0 aliphatic carbocycles. The lowest BCUT2D eigenvalue weighted by Crippen LogP contribution is -2.03. The SMILES string of the molecule is O=C(O)c1cc([N+](=O)[O-])cnc1/C=C/c1ncc(Cl)s1. The van der Waals surface area contributed by atoms with Crippen molar-refractivity contribution < 1.29 is 14.8 Å². The first-order valence-corrected chi connectivity index (χ1v) is 6.34. The molecule has 0 aromatic carbocycles. The van der Waals surface area contributed by atoms with Gasteiger partial charge in [-0.3, -0.25) is 10.1 Å². The fraction of sp³-hybridized carbons (Fsp3) is 0. The Morgan fingerprint density at radius 1 is 1.40 bits per heavy atom. The largest absolute Gasteiger partial charge is 0.478 e. The van der Waals surface area contributed by atoms with Gasteiger partial charge < -0.3 is 5.11 Å². The number of rotatable bonds is 4. The Morgan fingerprint density at radius 2 is 2.15 bits per heavy atom. The van der Waals surface area contributed by atoms with Crippen molar-refractivity contribution in [2.24, 2.45) is 0 Å². The molecule has 0 aliphatic rings. The molecule has 0 amide bonds. The first-order chi connectivity index (χ1) is 9.47. The standard InChI is InChI=1S/C11H6ClN3O4S/c12-9-5-14-10(20-9)2-1-8-7(11(16)17)3-6(4-13-8)15(18)19/h1-5H,(H,16,17)/b2-1+. The van der Waals surface area contributed by atoms with Crippen molar-refractivity contribution in [3.05, 3.63) is 49.2 Å². The van der Waals surface area contributed by atoms with Gasteiger partial charge in [0.25, 0.3) is 5.69 Å². The summed E-state index contributed by atoms with van der Waals surface area (Å²) in [7, 11) is 0. The molecule has 2 aromatic heterocycles. The quantitative estimate of drug-likeness (QED) is 0.687. The van der Waals surface area contributed by atoms with Gasteiger partial charge in [-0.1, -0.05) is 11.6 Å². The molecule has 0 radical (unpaired) electrons. The summed E-state index contributed by atoms with van der Waals surface area (Å²) in [4.78, 5) is 28.7. The molecule has 0 bridgehead atoms. The van der Waals surface area contributed by atoms with Gasteiger partial charge in [0.2, 0.25) is 0 Å². The number of carboxylic acids is 1. The Hall–Kier alpha value is -2.32. The molecule has 102 valence electrons. The molecule has 9 heteroatoms. The van der Waals surface area contributed by atoms with Crippen LogP contribution in [0.25, 0.3) is 12.2 Å². The van der Waals surface area contributed by atoms with Crippen LogP contribution in [0.5, 0.6) is 0 Å². The number of hydrogen-bond donors (Lipinski definition) is 1. The first kappa shape index (κ1) is 14.1. The second-order valence-corrected chi connectivity index (χ2v) is 5.22. The van der Waals surface area contributed by atoms with Crippen LogP contribution < -0.4 is 0 Å². The van der Waals surface area contributed by atoms with E-state index in [9.17, 15) is 14.9 Å². The molecule has 2 aromatic rings. The van der Waals surface area contributed by atoms with E-state index in [0.29, 0.717) is 9.34 Å². The fourth-order valence-electron chi connectivity index (χ4n) is 1.36. The number of nitro groups is 1. The number of pyridine rings is 1. The van der Waals surface area contributed by atoms with E-state index in [-0.39, 0.29) is 16.9 Å². The summed E-state index contributed by atoms with van der Waals surface area (Å²) in [6.07, 6.45) is 5.42. The van der Waals surface area contributed by atoms with Gasteiger partial charge in [0.15, 0.2) is 0 Å². The fourth-order valence-corrected chi connectivity index (χ4v) is 2.20. The monoisotopic (exact) mass is 311 g/mol. The highest BCUT2D eigenvalue weighted by Crippen LogP contribution is 2.21. The van der Waals surface area contributed by atoms with Crippen molar-refractivity contribution in [3.63, 3.8) is 0 Å². The van der Waals surface area contributed by atoms with Crippen LogP contribution in [0.4, 0.5) is 5.69 Å². The lowest BCUT2D eigenvalue weighted by molar-refractivity contribution is -0.385. The van der Waals surface area contributed by atoms with E-state index >= 15 is 0 Å². The molecule has 0 saturated carbocycles. The molecule has 0 aliphatic heterocycles. The van der Waals surface area contributed by atoms with Gasteiger partial charge in [0, 0.05) is 6.07 Å². The Morgan fingerprint density at radius 3 is 2.70 bits per heavy atom. The molecule has 20 heavy (non-hydrogen) atoms. The van der Waals surface area contributed by atoms with Crippen LogP contribution >= 0.6 is 22.9 Å². The average molecular weight is 312 g/mol. The zero-order valence-corrected chi connectivity index (χ0v) is 11.3. The van der Waals surface area contributed by atoms with Gasteiger partial charge in [-0.25, -0.2) is 14.8 Å². The van der Waals surface area contributed by atoms with Gasteiger partial charge in [-0.2, -0.15) is 0 Å². The van der Waals surface area contributed by atoms with E-state index in [1.54, 1.807) is 0 Å². The van der Waals surface area contributed by atoms with Crippen molar-refractivity contribution in [3.8, 4) is 0 Å². The van der Waals surface area contributed by atoms with Crippen LogP contribution in [0.1, 0.15) is 21.1 Å². The zero-order chi connectivity index (χ0) is 14.7. The topological polar surface area (TPSA) is 106 Å². The highest BCUT2D eigenvalue weighted by Gasteiger charge is 2.15. The number of thiazole rings is 1. The van der Waals surface area contributed by atoms with E-state index < -0.39 is 10.9 Å². The van der Waals surface area contributed by atoms with E-state index in [0.717, 1.165) is 12.3 Å². The minimum Gasteiger partial charge on any atom is -0.478 e.